The largest absolute Gasteiger partial charge is 0.516 e. The van der Waals surface area contributed by atoms with Crippen LogP contribution in [0.2, 0.25) is 0 Å². The van der Waals surface area contributed by atoms with Gasteiger partial charge < -0.3 is 14.7 Å². The molecule has 0 saturated carbocycles. The third-order valence-electron chi connectivity index (χ3n) is 3.07. The van der Waals surface area contributed by atoms with Gasteiger partial charge in [0.15, 0.2) is 0 Å². The fraction of sp³-hybridized carbons (Fsp3) is 0.667. The number of rotatable bonds is 2. The van der Waals surface area contributed by atoms with Crippen molar-refractivity contribution in [1.29, 1.82) is 0 Å². The summed E-state index contributed by atoms with van der Waals surface area (Å²) in [7, 11) is 0. The van der Waals surface area contributed by atoms with Gasteiger partial charge in [0.1, 0.15) is 0 Å². The SMILES string of the molecule is CCOC(=O)OC(=O)C1=C(Br)C(C)(C)N(O)C1(C)C. The van der Waals surface area contributed by atoms with Crippen LogP contribution >= 0.6 is 15.9 Å². The molecule has 0 bridgehead atoms. The zero-order valence-electron chi connectivity index (χ0n) is 11.6. The van der Waals surface area contributed by atoms with Crippen LogP contribution in [0.1, 0.15) is 34.6 Å². The number of nitrogens with zero attached hydrogens (tertiary/aromatic N) is 1. The predicted octanol–water partition coefficient (Wildman–Crippen LogP) is 2.60. The van der Waals surface area contributed by atoms with E-state index in [0.29, 0.717) is 4.48 Å². The molecule has 6 nitrogen and oxygen atoms in total. The Morgan fingerprint density at radius 3 is 2.16 bits per heavy atom. The molecule has 1 aliphatic rings. The van der Waals surface area contributed by atoms with Crippen molar-refractivity contribution in [3.63, 3.8) is 0 Å². The van der Waals surface area contributed by atoms with Crippen molar-refractivity contribution >= 4 is 28.1 Å². The Balaban J connectivity index is 3.07. The molecule has 7 heteroatoms. The molecule has 0 radical (unpaired) electrons. The summed E-state index contributed by atoms with van der Waals surface area (Å²) in [6.45, 7) is 8.52. The molecular formula is C12H18BrNO5. The molecule has 0 spiro atoms. The van der Waals surface area contributed by atoms with E-state index in [2.05, 4.69) is 25.4 Å². The molecule has 1 rings (SSSR count). The first-order chi connectivity index (χ1) is 8.56. The maximum atomic E-state index is 12.0. The number of hydrogen-bond acceptors (Lipinski definition) is 6. The highest BCUT2D eigenvalue weighted by atomic mass is 79.9. The van der Waals surface area contributed by atoms with Gasteiger partial charge in [-0.3, -0.25) is 0 Å². The Morgan fingerprint density at radius 2 is 1.79 bits per heavy atom. The van der Waals surface area contributed by atoms with E-state index in [1.807, 2.05) is 0 Å². The molecule has 0 aromatic rings. The maximum absolute atomic E-state index is 12.0. The first-order valence-corrected chi connectivity index (χ1v) is 6.65. The molecule has 0 saturated heterocycles. The highest BCUT2D eigenvalue weighted by Crippen LogP contribution is 2.46. The van der Waals surface area contributed by atoms with Gasteiger partial charge in [0.05, 0.1) is 23.3 Å². The van der Waals surface area contributed by atoms with E-state index in [1.54, 1.807) is 34.6 Å². The minimum absolute atomic E-state index is 0.118. The van der Waals surface area contributed by atoms with Gasteiger partial charge in [-0.15, -0.1) is 0 Å². The summed E-state index contributed by atoms with van der Waals surface area (Å²) in [5, 5.41) is 11.2. The van der Waals surface area contributed by atoms with Crippen molar-refractivity contribution < 1.29 is 24.3 Å². The van der Waals surface area contributed by atoms with Crippen LogP contribution in [0.3, 0.4) is 0 Å². The fourth-order valence-electron chi connectivity index (χ4n) is 2.09. The van der Waals surface area contributed by atoms with E-state index < -0.39 is 23.2 Å². The van der Waals surface area contributed by atoms with Crippen LogP contribution < -0.4 is 0 Å². The topological polar surface area (TPSA) is 76.1 Å². The van der Waals surface area contributed by atoms with Gasteiger partial charge in [0, 0.05) is 4.48 Å². The lowest BCUT2D eigenvalue weighted by Gasteiger charge is -2.35. The van der Waals surface area contributed by atoms with Gasteiger partial charge in [0.25, 0.3) is 0 Å². The summed E-state index contributed by atoms with van der Waals surface area (Å²) in [6, 6.07) is 0. The average molecular weight is 336 g/mol. The van der Waals surface area contributed by atoms with Crippen molar-refractivity contribution in [2.24, 2.45) is 0 Å². The van der Waals surface area contributed by atoms with Crippen molar-refractivity contribution in [2.75, 3.05) is 6.61 Å². The van der Waals surface area contributed by atoms with Gasteiger partial charge in [-0.25, -0.2) is 9.59 Å². The summed E-state index contributed by atoms with van der Waals surface area (Å²) in [5.41, 5.74) is -1.58. The number of esters is 1. The van der Waals surface area contributed by atoms with Crippen molar-refractivity contribution in [1.82, 2.24) is 5.06 Å². The summed E-state index contributed by atoms with van der Waals surface area (Å²) >= 11 is 3.30. The fourth-order valence-corrected chi connectivity index (χ4v) is 2.90. The van der Waals surface area contributed by atoms with Crippen LogP contribution in [0.25, 0.3) is 0 Å². The molecule has 108 valence electrons. The number of carbonyl (C=O) groups excluding carboxylic acids is 2. The Hall–Kier alpha value is -0.920. The van der Waals surface area contributed by atoms with E-state index in [4.69, 9.17) is 0 Å². The average Bonchev–Trinajstić information content (AvgIpc) is 2.37. The smallest absolute Gasteiger partial charge is 0.434 e. The Bertz CT molecular complexity index is 441. The van der Waals surface area contributed by atoms with Gasteiger partial charge in [-0.1, -0.05) is 15.9 Å². The summed E-state index contributed by atoms with van der Waals surface area (Å²) in [5.74, 6) is -0.833. The standard InChI is InChI=1S/C12H18BrNO5/c1-6-18-10(16)19-9(15)7-8(13)12(4,5)14(17)11(7,2)3/h17H,6H2,1-5H3. The number of ether oxygens (including phenoxy) is 2. The van der Waals surface area contributed by atoms with Gasteiger partial charge >= 0.3 is 12.1 Å². The first kappa shape index (κ1) is 16.1. The normalized spacial score (nSPS) is 21.4. The lowest BCUT2D eigenvalue weighted by molar-refractivity contribution is -0.187. The minimum Gasteiger partial charge on any atom is -0.434 e. The molecular weight excluding hydrogens is 318 g/mol. The van der Waals surface area contributed by atoms with Crippen LogP contribution in [-0.4, -0.2) is 40.1 Å². The van der Waals surface area contributed by atoms with Gasteiger partial charge in [-0.05, 0) is 34.6 Å². The van der Waals surface area contributed by atoms with Gasteiger partial charge in [-0.2, -0.15) is 5.06 Å². The van der Waals surface area contributed by atoms with Crippen molar-refractivity contribution in [2.45, 2.75) is 45.7 Å². The first-order valence-electron chi connectivity index (χ1n) is 5.85. The predicted molar refractivity (Wildman–Crippen MR) is 70.9 cm³/mol. The van der Waals surface area contributed by atoms with E-state index in [1.165, 1.54) is 0 Å². The molecule has 0 atom stereocenters. The van der Waals surface area contributed by atoms with Crippen LogP contribution in [0.4, 0.5) is 4.79 Å². The van der Waals surface area contributed by atoms with Crippen LogP contribution in [0, 0.1) is 0 Å². The molecule has 0 aromatic carbocycles. The molecule has 0 amide bonds. The van der Waals surface area contributed by atoms with E-state index in [0.717, 1.165) is 5.06 Å². The molecule has 19 heavy (non-hydrogen) atoms. The molecule has 1 heterocycles. The second kappa shape index (κ2) is 5.22. The quantitative estimate of drug-likeness (QED) is 0.617. The van der Waals surface area contributed by atoms with E-state index in [9.17, 15) is 14.8 Å². The highest BCUT2D eigenvalue weighted by Gasteiger charge is 2.53. The highest BCUT2D eigenvalue weighted by molar-refractivity contribution is 9.11. The summed E-state index contributed by atoms with van der Waals surface area (Å²) < 4.78 is 9.63. The molecule has 0 aromatic heterocycles. The number of hydroxylamine groups is 2. The van der Waals surface area contributed by atoms with Gasteiger partial charge in [0.2, 0.25) is 0 Å². The van der Waals surface area contributed by atoms with Crippen molar-refractivity contribution in [3.05, 3.63) is 10.1 Å². The molecule has 0 aliphatic carbocycles. The minimum atomic E-state index is -1.05. The summed E-state index contributed by atoms with van der Waals surface area (Å²) in [4.78, 5) is 23.2. The third kappa shape index (κ3) is 2.68. The molecule has 1 N–H and O–H groups in total. The second-order valence-electron chi connectivity index (χ2n) is 5.19. The number of halogens is 1. The number of hydrogen-bond donors (Lipinski definition) is 1. The molecule has 0 unspecified atom stereocenters. The van der Waals surface area contributed by atoms with E-state index in [-0.39, 0.29) is 12.2 Å². The van der Waals surface area contributed by atoms with E-state index >= 15 is 0 Å². The maximum Gasteiger partial charge on any atom is 0.516 e. The van der Waals surface area contributed by atoms with Crippen LogP contribution in [-0.2, 0) is 14.3 Å². The molecule has 1 aliphatic heterocycles. The zero-order valence-corrected chi connectivity index (χ0v) is 13.2. The Morgan fingerprint density at radius 1 is 1.26 bits per heavy atom. The molecule has 0 fully saturated rings. The van der Waals surface area contributed by atoms with Crippen LogP contribution in [0.5, 0.6) is 0 Å². The lowest BCUT2D eigenvalue weighted by atomic mass is 9.97. The third-order valence-corrected chi connectivity index (χ3v) is 4.44. The van der Waals surface area contributed by atoms with Crippen molar-refractivity contribution in [3.8, 4) is 0 Å². The Kier molecular flexibility index (Phi) is 4.44. The monoisotopic (exact) mass is 335 g/mol. The lowest BCUT2D eigenvalue weighted by Crippen LogP contribution is -2.49. The second-order valence-corrected chi connectivity index (χ2v) is 5.98. The van der Waals surface area contributed by atoms with Crippen LogP contribution in [0.15, 0.2) is 10.1 Å². The zero-order chi connectivity index (χ0) is 15.0. The number of carbonyl (C=O) groups is 2. The summed E-state index contributed by atoms with van der Waals surface area (Å²) in [6.07, 6.45) is -1.05. The Labute approximate surface area is 120 Å².